The second kappa shape index (κ2) is 11.6. The van der Waals surface area contributed by atoms with E-state index in [9.17, 15) is 0 Å². The Morgan fingerprint density at radius 2 is 1.33 bits per heavy atom. The van der Waals surface area contributed by atoms with Gasteiger partial charge in [0.2, 0.25) is 0 Å². The fourth-order valence-corrected chi connectivity index (χ4v) is 3.83. The molecule has 132 valence electrons. The van der Waals surface area contributed by atoms with Gasteiger partial charge in [-0.1, -0.05) is 36.4 Å². The molecule has 0 aromatic heterocycles. The highest BCUT2D eigenvalue weighted by Gasteiger charge is 2.36. The summed E-state index contributed by atoms with van der Waals surface area (Å²) in [4.78, 5) is 0. The van der Waals surface area contributed by atoms with Crippen molar-refractivity contribution in [3.05, 3.63) is 60.7 Å². The molecule has 3 N–H and O–H groups in total. The molecule has 2 aromatic rings. The maximum absolute atomic E-state index is 5.36. The maximum atomic E-state index is 5.36. The van der Waals surface area contributed by atoms with Crippen LogP contribution in [-0.2, 0) is 13.3 Å². The van der Waals surface area contributed by atoms with Gasteiger partial charge < -0.3 is 24.3 Å². The smallest absolute Gasteiger partial charge is 0.399 e. The predicted molar refractivity (Wildman–Crippen MR) is 102 cm³/mol. The van der Waals surface area contributed by atoms with Crippen LogP contribution in [0.25, 0.3) is 0 Å². The van der Waals surface area contributed by atoms with Gasteiger partial charge in [0.1, 0.15) is 0 Å². The number of benzene rings is 2. The summed E-state index contributed by atoms with van der Waals surface area (Å²) in [5.41, 5.74) is 7.31. The lowest BCUT2D eigenvalue weighted by atomic mass is 10.3. The van der Waals surface area contributed by atoms with Gasteiger partial charge in [0.25, 0.3) is 0 Å². The van der Waals surface area contributed by atoms with Crippen molar-refractivity contribution in [2.24, 2.45) is 0 Å². The quantitative estimate of drug-likeness (QED) is 0.433. The van der Waals surface area contributed by atoms with Gasteiger partial charge in [-0.25, -0.2) is 0 Å². The molecular formula is C18H28N2O3Si. The third kappa shape index (κ3) is 7.61. The molecule has 0 aliphatic heterocycles. The number of nitrogen functional groups attached to an aromatic ring is 1. The van der Waals surface area contributed by atoms with Gasteiger partial charge in [-0.15, -0.1) is 0 Å². The highest BCUT2D eigenvalue weighted by molar-refractivity contribution is 6.60. The monoisotopic (exact) mass is 348 g/mol. The van der Waals surface area contributed by atoms with Crippen LogP contribution in [0.1, 0.15) is 6.42 Å². The Morgan fingerprint density at radius 1 is 0.833 bits per heavy atom. The summed E-state index contributed by atoms with van der Waals surface area (Å²) < 4.78 is 16.1. The first-order chi connectivity index (χ1) is 11.7. The van der Waals surface area contributed by atoms with Crippen molar-refractivity contribution >= 4 is 20.2 Å². The molecule has 0 saturated heterocycles. The van der Waals surface area contributed by atoms with E-state index in [0.29, 0.717) is 0 Å². The molecule has 0 unspecified atom stereocenters. The molecule has 2 rings (SSSR count). The summed E-state index contributed by atoms with van der Waals surface area (Å²) in [5, 5.41) is 3.35. The first-order valence-electron chi connectivity index (χ1n) is 7.90. The summed E-state index contributed by atoms with van der Waals surface area (Å²) in [5.74, 6) is 0. The summed E-state index contributed by atoms with van der Waals surface area (Å²) in [7, 11) is 2.53. The highest BCUT2D eigenvalue weighted by atomic mass is 28.4. The second-order valence-corrected chi connectivity index (χ2v) is 8.19. The van der Waals surface area contributed by atoms with Gasteiger partial charge in [0.15, 0.2) is 0 Å². The Hall–Kier alpha value is -1.86. The molecule has 0 aliphatic carbocycles. The van der Waals surface area contributed by atoms with Crippen molar-refractivity contribution in [3.63, 3.8) is 0 Å². The van der Waals surface area contributed by atoms with Crippen LogP contribution >= 0.6 is 0 Å². The van der Waals surface area contributed by atoms with Gasteiger partial charge in [0.05, 0.1) is 0 Å². The van der Waals surface area contributed by atoms with E-state index in [1.807, 2.05) is 60.7 Å². The van der Waals surface area contributed by atoms with Gasteiger partial charge in [0, 0.05) is 45.3 Å². The van der Waals surface area contributed by atoms with E-state index in [1.165, 1.54) is 0 Å². The zero-order chi connectivity index (χ0) is 17.7. The fourth-order valence-electron chi connectivity index (χ4n) is 2.10. The molecule has 5 nitrogen and oxygen atoms in total. The van der Waals surface area contributed by atoms with Crippen molar-refractivity contribution in [1.82, 2.24) is 0 Å². The van der Waals surface area contributed by atoms with Crippen molar-refractivity contribution in [2.45, 2.75) is 12.5 Å². The number of hydrogen-bond donors (Lipinski definition) is 2. The Kier molecular flexibility index (Phi) is 9.79. The number of nitrogens with one attached hydrogen (secondary N) is 1. The molecule has 2 aromatic carbocycles. The largest absolute Gasteiger partial charge is 0.500 e. The van der Waals surface area contributed by atoms with Crippen LogP contribution in [0.2, 0.25) is 6.04 Å². The van der Waals surface area contributed by atoms with Crippen LogP contribution in [0.5, 0.6) is 0 Å². The zero-order valence-corrected chi connectivity index (χ0v) is 15.7. The van der Waals surface area contributed by atoms with E-state index in [0.717, 1.165) is 30.4 Å². The minimum Gasteiger partial charge on any atom is -0.399 e. The fraction of sp³-hybridized carbons (Fsp3) is 0.333. The highest BCUT2D eigenvalue weighted by Crippen LogP contribution is 2.15. The molecule has 0 bridgehead atoms. The topological polar surface area (TPSA) is 65.7 Å². The maximum Gasteiger partial charge on any atom is 0.500 e. The lowest BCUT2D eigenvalue weighted by Gasteiger charge is -2.24. The van der Waals surface area contributed by atoms with Crippen LogP contribution in [-0.4, -0.2) is 36.7 Å². The number of hydrogen-bond acceptors (Lipinski definition) is 5. The summed E-state index contributed by atoms with van der Waals surface area (Å²) in [6.45, 7) is 0.884. The average Bonchev–Trinajstić information content (AvgIpc) is 2.65. The van der Waals surface area contributed by atoms with Crippen molar-refractivity contribution < 1.29 is 13.3 Å². The molecule has 0 radical (unpaired) electrons. The standard InChI is InChI=1S/C12H21NO3Si.C6H7N/c1-14-17(15-2,16-3)11-7-10-13-12-8-5-4-6-9-12;7-6-4-2-1-3-5-6/h4-6,8-9,13H,7,10-11H2,1-3H3;1-5H,7H2. The molecule has 0 saturated carbocycles. The Labute approximate surface area is 146 Å². The number of rotatable bonds is 8. The van der Waals surface area contributed by atoms with E-state index in [4.69, 9.17) is 19.0 Å². The molecule has 0 amide bonds. The van der Waals surface area contributed by atoms with Crippen molar-refractivity contribution in [2.75, 3.05) is 38.9 Å². The summed E-state index contributed by atoms with van der Waals surface area (Å²) >= 11 is 0. The first-order valence-corrected chi connectivity index (χ1v) is 9.84. The second-order valence-electron chi connectivity index (χ2n) is 5.10. The lowest BCUT2D eigenvalue weighted by molar-refractivity contribution is 0.123. The Bertz CT molecular complexity index is 528. The van der Waals surface area contributed by atoms with Gasteiger partial charge in [-0.05, 0) is 30.7 Å². The summed E-state index contributed by atoms with van der Waals surface area (Å²) in [6.07, 6.45) is 0.955. The Morgan fingerprint density at radius 3 is 1.75 bits per heavy atom. The van der Waals surface area contributed by atoms with Crippen LogP contribution in [0.15, 0.2) is 60.7 Å². The minimum atomic E-state index is -2.40. The van der Waals surface area contributed by atoms with Gasteiger partial charge >= 0.3 is 8.80 Å². The minimum absolute atomic E-state index is 0.816. The normalized spacial score (nSPS) is 10.6. The molecule has 0 atom stereocenters. The summed E-state index contributed by atoms with van der Waals surface area (Å²) in [6, 6.07) is 20.4. The van der Waals surface area contributed by atoms with E-state index in [1.54, 1.807) is 21.3 Å². The molecule has 6 heteroatoms. The van der Waals surface area contributed by atoms with E-state index in [2.05, 4.69) is 5.32 Å². The molecule has 24 heavy (non-hydrogen) atoms. The molecule has 0 aliphatic rings. The van der Waals surface area contributed by atoms with Crippen LogP contribution < -0.4 is 11.1 Å². The van der Waals surface area contributed by atoms with Gasteiger partial charge in [-0.2, -0.15) is 0 Å². The van der Waals surface area contributed by atoms with Crippen LogP contribution in [0.4, 0.5) is 11.4 Å². The molecular weight excluding hydrogens is 320 g/mol. The SMILES string of the molecule is CO[Si](CCCNc1ccccc1)(OC)OC.Nc1ccccc1. The first kappa shape index (κ1) is 20.2. The van der Waals surface area contributed by atoms with Crippen LogP contribution in [0, 0.1) is 0 Å². The van der Waals surface area contributed by atoms with Crippen molar-refractivity contribution in [1.29, 1.82) is 0 Å². The number of anilines is 2. The lowest BCUT2D eigenvalue weighted by Crippen LogP contribution is -2.42. The molecule has 0 spiro atoms. The average molecular weight is 349 g/mol. The predicted octanol–water partition coefficient (Wildman–Crippen LogP) is 3.64. The molecule has 0 heterocycles. The zero-order valence-electron chi connectivity index (χ0n) is 14.7. The van der Waals surface area contributed by atoms with E-state index < -0.39 is 8.80 Å². The van der Waals surface area contributed by atoms with Gasteiger partial charge in [-0.3, -0.25) is 0 Å². The Balaban J connectivity index is 0.000000341. The molecule has 0 fully saturated rings. The third-order valence-corrected chi connectivity index (χ3v) is 6.33. The van der Waals surface area contributed by atoms with Crippen molar-refractivity contribution in [3.8, 4) is 0 Å². The third-order valence-electron chi connectivity index (χ3n) is 3.50. The number of nitrogens with two attached hydrogens (primary N) is 1. The van der Waals surface area contributed by atoms with E-state index in [-0.39, 0.29) is 0 Å². The van der Waals surface area contributed by atoms with Crippen LogP contribution in [0.3, 0.4) is 0 Å². The van der Waals surface area contributed by atoms with E-state index >= 15 is 0 Å². The number of para-hydroxylation sites is 2.